The second-order valence-electron chi connectivity index (χ2n) is 8.08. The number of nitrogens with zero attached hydrogens (tertiary/aromatic N) is 1. The van der Waals surface area contributed by atoms with E-state index >= 15 is 0 Å². The van der Waals surface area contributed by atoms with Crippen LogP contribution in [0.25, 0.3) is 22.4 Å². The normalized spacial score (nSPS) is 14.8. The van der Waals surface area contributed by atoms with Gasteiger partial charge in [-0.2, -0.15) is 8.78 Å². The second kappa shape index (κ2) is 12.5. The van der Waals surface area contributed by atoms with E-state index in [4.69, 9.17) is 24.0 Å². The molecule has 1 fully saturated rings. The molecule has 1 unspecified atom stereocenters. The average molecular weight is 530 g/mol. The van der Waals surface area contributed by atoms with Crippen LogP contribution in [-0.4, -0.2) is 36.8 Å². The lowest BCUT2D eigenvalue weighted by Gasteiger charge is -2.16. The zero-order chi connectivity index (χ0) is 27.1. The molecule has 0 saturated carbocycles. The number of halogens is 2. The minimum absolute atomic E-state index is 0.0277. The Balaban J connectivity index is 0.00000164. The monoisotopic (exact) mass is 529 g/mol. The summed E-state index contributed by atoms with van der Waals surface area (Å²) in [4.78, 5) is 17.2. The third kappa shape index (κ3) is 6.12. The summed E-state index contributed by atoms with van der Waals surface area (Å²) >= 11 is 0. The maximum atomic E-state index is 12.9. The number of aromatic nitrogens is 1. The molecule has 0 aliphatic carbocycles. The number of hydrogen-bond acceptors (Lipinski definition) is 8. The van der Waals surface area contributed by atoms with Crippen molar-refractivity contribution in [3.8, 4) is 23.0 Å². The van der Waals surface area contributed by atoms with E-state index in [1.165, 1.54) is 18.2 Å². The number of nitrogens with two attached hydrogens (primary N) is 1. The zero-order valence-corrected chi connectivity index (χ0v) is 21.0. The zero-order valence-electron chi connectivity index (χ0n) is 21.0. The number of furan rings is 1. The molecule has 2 aromatic carbocycles. The molecule has 3 heterocycles. The second-order valence-corrected chi connectivity index (χ2v) is 8.08. The SMILES string of the molecule is CC.NCc1oc(-c2ccc(OC(F)F)c(OC3CCOC3)c2)nc1C(=O)NCc1coc2ccccc12. The summed E-state index contributed by atoms with van der Waals surface area (Å²) < 4.78 is 52.7. The molecular weight excluding hydrogens is 500 g/mol. The minimum atomic E-state index is -3.02. The first-order chi connectivity index (χ1) is 18.5. The fourth-order valence-corrected chi connectivity index (χ4v) is 3.93. The van der Waals surface area contributed by atoms with Gasteiger partial charge in [-0.05, 0) is 24.3 Å². The Morgan fingerprint density at radius 2 is 2.03 bits per heavy atom. The van der Waals surface area contributed by atoms with Crippen molar-refractivity contribution in [2.75, 3.05) is 13.2 Å². The van der Waals surface area contributed by atoms with Gasteiger partial charge in [-0.1, -0.05) is 32.0 Å². The molecule has 202 valence electrons. The predicted molar refractivity (Wildman–Crippen MR) is 135 cm³/mol. The first-order valence-corrected chi connectivity index (χ1v) is 12.3. The number of oxazole rings is 1. The van der Waals surface area contributed by atoms with E-state index in [2.05, 4.69) is 15.0 Å². The van der Waals surface area contributed by atoms with Crippen LogP contribution in [0.3, 0.4) is 0 Å². The van der Waals surface area contributed by atoms with Gasteiger partial charge in [-0.15, -0.1) is 0 Å². The Hall–Kier alpha value is -3.96. The lowest BCUT2D eigenvalue weighted by Crippen LogP contribution is -2.24. The number of rotatable bonds is 9. The fourth-order valence-electron chi connectivity index (χ4n) is 3.93. The highest BCUT2D eigenvalue weighted by Gasteiger charge is 2.24. The fraction of sp³-hybridized carbons (Fsp3) is 0.333. The molecule has 0 radical (unpaired) electrons. The van der Waals surface area contributed by atoms with Gasteiger partial charge in [0.1, 0.15) is 11.7 Å². The van der Waals surface area contributed by atoms with Crippen LogP contribution in [0.1, 0.15) is 42.1 Å². The van der Waals surface area contributed by atoms with Crippen molar-refractivity contribution < 1.29 is 36.6 Å². The Labute approximate surface area is 217 Å². The molecule has 1 atom stereocenters. The largest absolute Gasteiger partial charge is 0.484 e. The van der Waals surface area contributed by atoms with Gasteiger partial charge in [0.15, 0.2) is 23.0 Å². The molecule has 0 spiro atoms. The van der Waals surface area contributed by atoms with E-state index in [0.717, 1.165) is 16.5 Å². The topological polar surface area (TPSA) is 122 Å². The Bertz CT molecular complexity index is 1360. The predicted octanol–water partition coefficient (Wildman–Crippen LogP) is 5.27. The molecule has 0 bridgehead atoms. The number of amides is 1. The molecule has 2 aromatic heterocycles. The number of fused-ring (bicyclic) bond motifs is 1. The van der Waals surface area contributed by atoms with E-state index in [0.29, 0.717) is 25.2 Å². The van der Waals surface area contributed by atoms with E-state index in [-0.39, 0.29) is 48.0 Å². The van der Waals surface area contributed by atoms with Crippen LogP contribution >= 0.6 is 0 Å². The van der Waals surface area contributed by atoms with Gasteiger partial charge in [0.25, 0.3) is 5.91 Å². The highest BCUT2D eigenvalue weighted by atomic mass is 19.3. The molecule has 1 aliphatic heterocycles. The maximum absolute atomic E-state index is 12.9. The molecule has 1 aliphatic rings. The molecule has 3 N–H and O–H groups in total. The minimum Gasteiger partial charge on any atom is -0.484 e. The van der Waals surface area contributed by atoms with Crippen molar-refractivity contribution >= 4 is 16.9 Å². The van der Waals surface area contributed by atoms with Gasteiger partial charge in [0, 0.05) is 29.5 Å². The van der Waals surface area contributed by atoms with Gasteiger partial charge in [0.05, 0.1) is 26.0 Å². The average Bonchev–Trinajstić information content (AvgIpc) is 3.69. The molecule has 9 nitrogen and oxygen atoms in total. The van der Waals surface area contributed by atoms with E-state index in [1.54, 1.807) is 6.26 Å². The van der Waals surface area contributed by atoms with Crippen LogP contribution in [0.15, 0.2) is 57.6 Å². The van der Waals surface area contributed by atoms with Crippen LogP contribution in [0, 0.1) is 0 Å². The molecule has 4 aromatic rings. The van der Waals surface area contributed by atoms with E-state index in [1.807, 2.05) is 38.1 Å². The Morgan fingerprint density at radius 1 is 1.21 bits per heavy atom. The number of nitrogens with one attached hydrogen (secondary N) is 1. The Kier molecular flexibility index (Phi) is 8.93. The van der Waals surface area contributed by atoms with Crippen molar-refractivity contribution in [3.63, 3.8) is 0 Å². The van der Waals surface area contributed by atoms with Crippen molar-refractivity contribution in [3.05, 3.63) is 65.7 Å². The van der Waals surface area contributed by atoms with Crippen molar-refractivity contribution in [2.24, 2.45) is 5.73 Å². The quantitative estimate of drug-likeness (QED) is 0.301. The summed E-state index contributed by atoms with van der Waals surface area (Å²) in [7, 11) is 0. The molecule has 1 saturated heterocycles. The smallest absolute Gasteiger partial charge is 0.387 e. The highest BCUT2D eigenvalue weighted by molar-refractivity contribution is 5.94. The number of para-hydroxylation sites is 1. The maximum Gasteiger partial charge on any atom is 0.387 e. The van der Waals surface area contributed by atoms with Crippen molar-refractivity contribution in [1.82, 2.24) is 10.3 Å². The number of alkyl halides is 2. The molecule has 5 rings (SSSR count). The number of ether oxygens (including phenoxy) is 3. The van der Waals surface area contributed by atoms with Gasteiger partial charge in [0.2, 0.25) is 5.89 Å². The van der Waals surface area contributed by atoms with Crippen molar-refractivity contribution in [2.45, 2.75) is 46.1 Å². The van der Waals surface area contributed by atoms with Gasteiger partial charge >= 0.3 is 6.61 Å². The molecule has 38 heavy (non-hydrogen) atoms. The van der Waals surface area contributed by atoms with Crippen molar-refractivity contribution in [1.29, 1.82) is 0 Å². The summed E-state index contributed by atoms with van der Waals surface area (Å²) in [5.74, 6) is -0.247. The third-order valence-corrected chi connectivity index (χ3v) is 5.69. The molecule has 1 amide bonds. The lowest BCUT2D eigenvalue weighted by atomic mass is 10.2. The summed E-state index contributed by atoms with van der Waals surface area (Å²) in [6.07, 6.45) is 1.90. The van der Waals surface area contributed by atoms with Crippen LogP contribution in [-0.2, 0) is 17.8 Å². The standard InChI is InChI=1S/C25H23F2N3O6.C2H6/c26-25(27)36-19-6-5-14(9-20(19)34-16-7-8-32-13-16)24-30-22(21(10-28)35-24)23(31)29-11-15-12-33-18-4-2-1-3-17(15)18;1-2/h1-6,9,12,16,25H,7-8,10-11,13,28H2,(H,29,31);1-2H3. The summed E-state index contributed by atoms with van der Waals surface area (Å²) in [6, 6.07) is 11.8. The van der Waals surface area contributed by atoms with Crippen LogP contribution in [0.2, 0.25) is 0 Å². The molecule has 11 heteroatoms. The van der Waals surface area contributed by atoms with Gasteiger partial charge < -0.3 is 34.1 Å². The summed E-state index contributed by atoms with van der Waals surface area (Å²) in [6.45, 7) is 1.97. The van der Waals surface area contributed by atoms with Crippen LogP contribution in [0.4, 0.5) is 8.78 Å². The van der Waals surface area contributed by atoms with Crippen LogP contribution < -0.4 is 20.5 Å². The van der Waals surface area contributed by atoms with Crippen LogP contribution in [0.5, 0.6) is 11.5 Å². The number of carbonyl (C=O) groups is 1. The third-order valence-electron chi connectivity index (χ3n) is 5.69. The molecular formula is C27H29F2N3O6. The van der Waals surface area contributed by atoms with E-state index < -0.39 is 12.5 Å². The first kappa shape index (κ1) is 27.1. The number of carbonyl (C=O) groups excluding carboxylic acids is 1. The Morgan fingerprint density at radius 3 is 2.76 bits per heavy atom. The number of hydrogen-bond donors (Lipinski definition) is 2. The lowest BCUT2D eigenvalue weighted by molar-refractivity contribution is -0.0520. The van der Waals surface area contributed by atoms with Gasteiger partial charge in [-0.3, -0.25) is 4.79 Å². The summed E-state index contributed by atoms with van der Waals surface area (Å²) in [5.41, 5.74) is 7.75. The first-order valence-electron chi connectivity index (χ1n) is 12.3. The van der Waals surface area contributed by atoms with E-state index in [9.17, 15) is 13.6 Å². The number of benzene rings is 2. The van der Waals surface area contributed by atoms with Gasteiger partial charge in [-0.25, -0.2) is 4.98 Å². The summed E-state index contributed by atoms with van der Waals surface area (Å²) in [5, 5.41) is 3.70. The highest BCUT2D eigenvalue weighted by Crippen LogP contribution is 2.35.